The highest BCUT2D eigenvalue weighted by Crippen LogP contribution is 2.35. The zero-order valence-corrected chi connectivity index (χ0v) is 15.9. The number of halogens is 1. The molecule has 0 aromatic heterocycles. The second-order valence-electron chi connectivity index (χ2n) is 6.21. The van der Waals surface area contributed by atoms with Crippen LogP contribution in [0, 0.1) is 5.82 Å². The smallest absolute Gasteiger partial charge is 0.278 e. The summed E-state index contributed by atoms with van der Waals surface area (Å²) in [5.74, 6) is -0.202. The van der Waals surface area contributed by atoms with Crippen molar-refractivity contribution in [3.8, 4) is 11.5 Å². The summed E-state index contributed by atoms with van der Waals surface area (Å²) in [7, 11) is 3.04. The van der Waals surface area contributed by atoms with E-state index in [1.54, 1.807) is 25.3 Å². The lowest BCUT2D eigenvalue weighted by Gasteiger charge is -2.15. The van der Waals surface area contributed by atoms with Crippen molar-refractivity contribution in [2.24, 2.45) is 0 Å². The van der Waals surface area contributed by atoms with Crippen molar-refractivity contribution in [1.82, 2.24) is 4.90 Å². The molecule has 0 radical (unpaired) electrons. The van der Waals surface area contributed by atoms with Crippen LogP contribution in [-0.2, 0) is 9.59 Å². The van der Waals surface area contributed by atoms with Crippen LogP contribution in [0.2, 0.25) is 0 Å². The highest BCUT2D eigenvalue weighted by atomic mass is 19.1. The van der Waals surface area contributed by atoms with E-state index in [1.807, 2.05) is 6.92 Å². The van der Waals surface area contributed by atoms with Gasteiger partial charge >= 0.3 is 0 Å². The maximum absolute atomic E-state index is 13.3. The van der Waals surface area contributed by atoms with E-state index in [0.29, 0.717) is 35.7 Å². The Hall–Kier alpha value is -3.35. The number of methoxy groups -OCH3 is 2. The quantitative estimate of drug-likeness (QED) is 0.741. The molecule has 0 saturated heterocycles. The van der Waals surface area contributed by atoms with Gasteiger partial charge in [0.15, 0.2) is 0 Å². The van der Waals surface area contributed by atoms with Crippen LogP contribution in [0.25, 0.3) is 5.57 Å². The standard InChI is InChI=1S/C21H21FN2O4/c1-4-11-24-20(25)18(13-5-7-14(22)8-6-13)19(21(24)26)23-16-10-9-15(27-2)12-17(16)28-3/h5-10,12,23H,4,11H2,1-3H3. The third kappa shape index (κ3) is 3.55. The Morgan fingerprint density at radius 2 is 1.71 bits per heavy atom. The molecule has 0 saturated carbocycles. The largest absolute Gasteiger partial charge is 0.497 e. The molecule has 0 aliphatic carbocycles. The summed E-state index contributed by atoms with van der Waals surface area (Å²) in [5.41, 5.74) is 1.32. The molecule has 2 aromatic carbocycles. The summed E-state index contributed by atoms with van der Waals surface area (Å²) in [6.45, 7) is 2.18. The maximum atomic E-state index is 13.3. The lowest BCUT2D eigenvalue weighted by atomic mass is 10.0. The predicted octanol–water partition coefficient (Wildman–Crippen LogP) is 3.44. The van der Waals surface area contributed by atoms with Gasteiger partial charge in [-0.3, -0.25) is 14.5 Å². The second kappa shape index (κ2) is 8.12. The molecule has 2 aromatic rings. The molecule has 0 bridgehead atoms. The minimum atomic E-state index is -0.427. The normalized spacial score (nSPS) is 13.9. The molecule has 0 unspecified atom stereocenters. The van der Waals surface area contributed by atoms with Gasteiger partial charge in [0.1, 0.15) is 23.0 Å². The summed E-state index contributed by atoms with van der Waals surface area (Å²) in [5, 5.41) is 3.04. The van der Waals surface area contributed by atoms with E-state index < -0.39 is 17.6 Å². The third-order valence-corrected chi connectivity index (χ3v) is 4.42. The van der Waals surface area contributed by atoms with Gasteiger partial charge in [0, 0.05) is 12.6 Å². The molecule has 1 aliphatic heterocycles. The number of carbonyl (C=O) groups excluding carboxylic acids is 2. The van der Waals surface area contributed by atoms with Crippen molar-refractivity contribution < 1.29 is 23.5 Å². The van der Waals surface area contributed by atoms with Gasteiger partial charge in [-0.2, -0.15) is 0 Å². The van der Waals surface area contributed by atoms with Gasteiger partial charge in [-0.1, -0.05) is 19.1 Å². The van der Waals surface area contributed by atoms with Crippen molar-refractivity contribution >= 4 is 23.1 Å². The molecule has 0 spiro atoms. The minimum Gasteiger partial charge on any atom is -0.497 e. The van der Waals surface area contributed by atoms with Crippen LogP contribution in [0.1, 0.15) is 18.9 Å². The molecule has 0 atom stereocenters. The lowest BCUT2D eigenvalue weighted by molar-refractivity contribution is -0.136. The van der Waals surface area contributed by atoms with Crippen LogP contribution in [-0.4, -0.2) is 37.5 Å². The fraction of sp³-hybridized carbons (Fsp3) is 0.238. The van der Waals surface area contributed by atoms with Crippen molar-refractivity contribution in [3.63, 3.8) is 0 Å². The highest BCUT2D eigenvalue weighted by molar-refractivity contribution is 6.36. The highest BCUT2D eigenvalue weighted by Gasteiger charge is 2.38. The Kier molecular flexibility index (Phi) is 5.63. The summed E-state index contributed by atoms with van der Waals surface area (Å²) in [4.78, 5) is 27.0. The number of hydrogen-bond donors (Lipinski definition) is 1. The van der Waals surface area contributed by atoms with Gasteiger partial charge in [0.05, 0.1) is 25.5 Å². The molecule has 146 valence electrons. The second-order valence-corrected chi connectivity index (χ2v) is 6.21. The van der Waals surface area contributed by atoms with E-state index >= 15 is 0 Å². The summed E-state index contributed by atoms with van der Waals surface area (Å²) >= 11 is 0. The van der Waals surface area contributed by atoms with Gasteiger partial charge in [0.25, 0.3) is 11.8 Å². The fourth-order valence-corrected chi connectivity index (χ4v) is 3.04. The Bertz CT molecular complexity index is 938. The zero-order chi connectivity index (χ0) is 20.3. The zero-order valence-electron chi connectivity index (χ0n) is 15.9. The van der Waals surface area contributed by atoms with Crippen LogP contribution in [0.4, 0.5) is 10.1 Å². The number of hydrogen-bond acceptors (Lipinski definition) is 5. The molecule has 1 heterocycles. The maximum Gasteiger partial charge on any atom is 0.278 e. The number of nitrogens with one attached hydrogen (secondary N) is 1. The minimum absolute atomic E-state index is 0.133. The molecule has 28 heavy (non-hydrogen) atoms. The van der Waals surface area contributed by atoms with Crippen molar-refractivity contribution in [3.05, 3.63) is 59.5 Å². The number of carbonyl (C=O) groups is 2. The summed E-state index contributed by atoms with van der Waals surface area (Å²) in [6.07, 6.45) is 0.632. The molecule has 1 N–H and O–H groups in total. The molecule has 6 nitrogen and oxygen atoms in total. The van der Waals surface area contributed by atoms with Gasteiger partial charge in [0.2, 0.25) is 0 Å². The lowest BCUT2D eigenvalue weighted by Crippen LogP contribution is -2.33. The van der Waals surface area contributed by atoms with E-state index in [4.69, 9.17) is 9.47 Å². The molecule has 0 fully saturated rings. The van der Waals surface area contributed by atoms with E-state index in [9.17, 15) is 14.0 Å². The summed E-state index contributed by atoms with van der Waals surface area (Å²) < 4.78 is 23.9. The first-order chi connectivity index (χ1) is 13.5. The van der Waals surface area contributed by atoms with E-state index in [2.05, 4.69) is 5.32 Å². The van der Waals surface area contributed by atoms with Crippen molar-refractivity contribution in [2.45, 2.75) is 13.3 Å². The van der Waals surface area contributed by atoms with Gasteiger partial charge < -0.3 is 14.8 Å². The molecule has 2 amide bonds. The summed E-state index contributed by atoms with van der Waals surface area (Å²) in [6, 6.07) is 10.6. The Balaban J connectivity index is 2.08. The van der Waals surface area contributed by atoms with Crippen LogP contribution in [0.5, 0.6) is 11.5 Å². The topological polar surface area (TPSA) is 67.9 Å². The number of imide groups is 1. The number of nitrogens with zero attached hydrogens (tertiary/aromatic N) is 1. The Morgan fingerprint density at radius 3 is 2.32 bits per heavy atom. The van der Waals surface area contributed by atoms with Crippen molar-refractivity contribution in [2.75, 3.05) is 26.1 Å². The van der Waals surface area contributed by atoms with Crippen LogP contribution in [0.15, 0.2) is 48.2 Å². The first-order valence-electron chi connectivity index (χ1n) is 8.85. The van der Waals surface area contributed by atoms with E-state index in [1.165, 1.54) is 36.3 Å². The Morgan fingerprint density at radius 1 is 1.00 bits per heavy atom. The number of rotatable bonds is 7. The molecule has 3 rings (SSSR count). The average molecular weight is 384 g/mol. The van der Waals surface area contributed by atoms with Gasteiger partial charge in [-0.15, -0.1) is 0 Å². The van der Waals surface area contributed by atoms with Crippen LogP contribution >= 0.6 is 0 Å². The first-order valence-corrected chi connectivity index (χ1v) is 8.85. The van der Waals surface area contributed by atoms with Crippen molar-refractivity contribution in [1.29, 1.82) is 0 Å². The Labute approximate surface area is 162 Å². The average Bonchev–Trinajstić information content (AvgIpc) is 2.93. The van der Waals surface area contributed by atoms with E-state index in [0.717, 1.165) is 0 Å². The molecular formula is C21H21FN2O4. The fourth-order valence-electron chi connectivity index (χ4n) is 3.04. The molecule has 7 heteroatoms. The molecule has 1 aliphatic rings. The van der Waals surface area contributed by atoms with Gasteiger partial charge in [-0.05, 0) is 36.2 Å². The van der Waals surface area contributed by atoms with Gasteiger partial charge in [-0.25, -0.2) is 4.39 Å². The monoisotopic (exact) mass is 384 g/mol. The molecular weight excluding hydrogens is 363 g/mol. The van der Waals surface area contributed by atoms with Crippen LogP contribution < -0.4 is 14.8 Å². The van der Waals surface area contributed by atoms with E-state index in [-0.39, 0.29) is 11.3 Å². The van der Waals surface area contributed by atoms with Crippen LogP contribution in [0.3, 0.4) is 0 Å². The number of anilines is 1. The number of amides is 2. The third-order valence-electron chi connectivity index (χ3n) is 4.42. The first kappa shape index (κ1) is 19.4. The SMILES string of the molecule is CCCN1C(=O)C(Nc2ccc(OC)cc2OC)=C(c2ccc(F)cc2)C1=O. The number of ether oxygens (including phenoxy) is 2. The predicted molar refractivity (Wildman–Crippen MR) is 103 cm³/mol. The number of benzene rings is 2.